The molecule has 2 atom stereocenters. The maximum Gasteiger partial charge on any atom is 0.315 e. The van der Waals surface area contributed by atoms with Crippen molar-refractivity contribution >= 4 is 40.0 Å². The molecule has 4 rings (SSSR count). The Morgan fingerprint density at radius 3 is 2.82 bits per heavy atom. The Bertz CT molecular complexity index is 1130. The second kappa shape index (κ2) is 7.02. The standard InChI is InChI=1S/C21H18ClNO5/c1-10-17(21(26)27-2)18(19-14(23-10)4-3-5-15(19)24)13-9-28-16-7-6-11(22)8-12(16)20(13)25/h6-9,17-18H,3-5H2,1-2H3/t17?,18-/m1/s1. The summed E-state index contributed by atoms with van der Waals surface area (Å²) in [5.74, 6) is -2.28. The molecule has 0 fully saturated rings. The van der Waals surface area contributed by atoms with Gasteiger partial charge in [-0.2, -0.15) is 0 Å². The van der Waals surface area contributed by atoms with Gasteiger partial charge in [-0.3, -0.25) is 19.4 Å². The van der Waals surface area contributed by atoms with Crippen molar-refractivity contribution in [3.05, 3.63) is 56.5 Å². The van der Waals surface area contributed by atoms with Gasteiger partial charge >= 0.3 is 5.97 Å². The topological polar surface area (TPSA) is 85.9 Å². The molecule has 0 spiro atoms. The highest BCUT2D eigenvalue weighted by molar-refractivity contribution is 6.31. The lowest BCUT2D eigenvalue weighted by atomic mass is 9.72. The molecule has 2 aromatic rings. The molecule has 0 N–H and O–H groups in total. The molecule has 0 saturated heterocycles. The predicted molar refractivity (Wildman–Crippen MR) is 105 cm³/mol. The van der Waals surface area contributed by atoms with Crippen LogP contribution >= 0.6 is 11.6 Å². The Balaban J connectivity index is 2.00. The molecule has 0 saturated carbocycles. The molecule has 0 amide bonds. The predicted octanol–water partition coefficient (Wildman–Crippen LogP) is 3.80. The van der Waals surface area contributed by atoms with Crippen LogP contribution in [0.15, 0.2) is 49.9 Å². The molecule has 2 heterocycles. The van der Waals surface area contributed by atoms with Crippen molar-refractivity contribution in [1.29, 1.82) is 0 Å². The van der Waals surface area contributed by atoms with E-state index in [1.54, 1.807) is 19.1 Å². The molecule has 144 valence electrons. The normalized spacial score (nSPS) is 22.1. The van der Waals surface area contributed by atoms with E-state index in [0.29, 0.717) is 52.2 Å². The molecule has 7 heteroatoms. The number of rotatable bonds is 2. The Morgan fingerprint density at radius 1 is 1.29 bits per heavy atom. The number of nitrogens with zero attached hydrogens (tertiary/aromatic N) is 1. The van der Waals surface area contributed by atoms with Crippen molar-refractivity contribution in [2.24, 2.45) is 10.9 Å². The minimum atomic E-state index is -0.856. The van der Waals surface area contributed by atoms with Crippen LogP contribution in [0.25, 0.3) is 11.0 Å². The zero-order valence-corrected chi connectivity index (χ0v) is 16.2. The van der Waals surface area contributed by atoms with E-state index >= 15 is 0 Å². The van der Waals surface area contributed by atoms with Crippen molar-refractivity contribution in [3.63, 3.8) is 0 Å². The summed E-state index contributed by atoms with van der Waals surface area (Å²) in [7, 11) is 1.28. The third-order valence-electron chi connectivity index (χ3n) is 5.39. The molecule has 28 heavy (non-hydrogen) atoms. The summed E-state index contributed by atoms with van der Waals surface area (Å²) in [6.07, 6.45) is 3.03. The van der Waals surface area contributed by atoms with Crippen LogP contribution in [0, 0.1) is 5.92 Å². The molecule has 6 nitrogen and oxygen atoms in total. The van der Waals surface area contributed by atoms with E-state index < -0.39 is 17.8 Å². The zero-order valence-electron chi connectivity index (χ0n) is 15.5. The van der Waals surface area contributed by atoms with E-state index in [9.17, 15) is 14.4 Å². The Labute approximate surface area is 165 Å². The van der Waals surface area contributed by atoms with Gasteiger partial charge in [0, 0.05) is 39.9 Å². The second-order valence-corrected chi connectivity index (χ2v) is 7.47. The number of halogens is 1. The number of allylic oxidation sites excluding steroid dienone is 2. The van der Waals surface area contributed by atoms with Crippen LogP contribution in [0.4, 0.5) is 0 Å². The number of hydrogen-bond acceptors (Lipinski definition) is 6. The number of fused-ring (bicyclic) bond motifs is 1. The van der Waals surface area contributed by atoms with Gasteiger partial charge in [0.1, 0.15) is 11.5 Å². The lowest BCUT2D eigenvalue weighted by Crippen LogP contribution is -2.38. The van der Waals surface area contributed by atoms with Gasteiger partial charge < -0.3 is 9.15 Å². The molecular formula is C21H18ClNO5. The summed E-state index contributed by atoms with van der Waals surface area (Å²) < 4.78 is 10.6. The van der Waals surface area contributed by atoms with Crippen LogP contribution in [0.1, 0.15) is 37.7 Å². The first-order valence-electron chi connectivity index (χ1n) is 9.02. The number of Topliss-reactive ketones (excluding diaryl/α,β-unsaturated/α-hetero) is 1. The highest BCUT2D eigenvalue weighted by Crippen LogP contribution is 2.43. The molecule has 0 radical (unpaired) electrons. The molecule has 1 aliphatic heterocycles. The maximum atomic E-state index is 13.3. The minimum Gasteiger partial charge on any atom is -0.468 e. The van der Waals surface area contributed by atoms with Gasteiger partial charge in [0.05, 0.1) is 18.8 Å². The number of aliphatic imine (C=N–C) groups is 1. The maximum absolute atomic E-state index is 13.3. The van der Waals surface area contributed by atoms with Crippen LogP contribution in [-0.2, 0) is 14.3 Å². The monoisotopic (exact) mass is 399 g/mol. The number of carbonyl (C=O) groups excluding carboxylic acids is 2. The molecule has 0 bridgehead atoms. The van der Waals surface area contributed by atoms with E-state index in [1.807, 2.05) is 0 Å². The first-order chi connectivity index (χ1) is 13.4. The fourth-order valence-electron chi connectivity index (χ4n) is 4.11. The van der Waals surface area contributed by atoms with Gasteiger partial charge in [0.15, 0.2) is 11.2 Å². The fourth-order valence-corrected chi connectivity index (χ4v) is 4.28. The van der Waals surface area contributed by atoms with Gasteiger partial charge in [-0.15, -0.1) is 0 Å². The third kappa shape index (κ3) is 2.88. The Morgan fingerprint density at radius 2 is 2.07 bits per heavy atom. The average Bonchev–Trinajstić information content (AvgIpc) is 2.67. The lowest BCUT2D eigenvalue weighted by molar-refractivity contribution is -0.143. The largest absolute Gasteiger partial charge is 0.468 e. The van der Waals surface area contributed by atoms with Crippen molar-refractivity contribution in [2.75, 3.05) is 7.11 Å². The smallest absolute Gasteiger partial charge is 0.315 e. The van der Waals surface area contributed by atoms with Gasteiger partial charge in [-0.1, -0.05) is 11.6 Å². The quantitative estimate of drug-likeness (QED) is 0.717. The summed E-state index contributed by atoms with van der Waals surface area (Å²) in [5, 5.41) is 0.704. The first-order valence-corrected chi connectivity index (χ1v) is 9.40. The number of ketones is 1. The van der Waals surface area contributed by atoms with Gasteiger partial charge in [0.25, 0.3) is 0 Å². The molecular weight excluding hydrogens is 382 g/mol. The number of methoxy groups -OCH3 is 1. The van der Waals surface area contributed by atoms with Crippen molar-refractivity contribution in [2.45, 2.75) is 32.1 Å². The first kappa shape index (κ1) is 18.6. The minimum absolute atomic E-state index is 0.0954. The van der Waals surface area contributed by atoms with Crippen molar-refractivity contribution in [3.8, 4) is 0 Å². The SMILES string of the molecule is COC(=O)C1C(C)=NC2=C(C(=O)CCC2)[C@@H]1c1coc2ccc(Cl)cc2c1=O. The third-order valence-corrected chi connectivity index (χ3v) is 5.62. The summed E-state index contributed by atoms with van der Waals surface area (Å²) in [6, 6.07) is 4.78. The van der Waals surface area contributed by atoms with Crippen molar-refractivity contribution in [1.82, 2.24) is 0 Å². The number of ether oxygens (including phenoxy) is 1. The Hall–Kier alpha value is -2.73. The van der Waals surface area contributed by atoms with Crippen LogP contribution in [0.2, 0.25) is 5.02 Å². The van der Waals surface area contributed by atoms with Crippen LogP contribution in [0.3, 0.4) is 0 Å². The van der Waals surface area contributed by atoms with E-state index in [-0.39, 0.29) is 16.8 Å². The van der Waals surface area contributed by atoms with E-state index in [1.165, 1.54) is 19.4 Å². The average molecular weight is 400 g/mol. The highest BCUT2D eigenvalue weighted by atomic mass is 35.5. The molecule has 1 aromatic carbocycles. The summed E-state index contributed by atoms with van der Waals surface area (Å²) in [6.45, 7) is 1.72. The molecule has 2 aliphatic rings. The van der Waals surface area contributed by atoms with E-state index in [4.69, 9.17) is 20.8 Å². The number of esters is 1. The lowest BCUT2D eigenvalue weighted by Gasteiger charge is -2.33. The second-order valence-electron chi connectivity index (χ2n) is 7.03. The summed E-state index contributed by atoms with van der Waals surface area (Å²) >= 11 is 6.05. The highest BCUT2D eigenvalue weighted by Gasteiger charge is 2.44. The number of benzene rings is 1. The van der Waals surface area contributed by atoms with Crippen LogP contribution < -0.4 is 5.43 Å². The summed E-state index contributed by atoms with van der Waals surface area (Å²) in [4.78, 5) is 43.1. The molecule has 1 aromatic heterocycles. The Kier molecular flexibility index (Phi) is 4.67. The van der Waals surface area contributed by atoms with Gasteiger partial charge in [0.2, 0.25) is 0 Å². The number of hydrogen-bond donors (Lipinski definition) is 0. The van der Waals surface area contributed by atoms with Gasteiger partial charge in [-0.25, -0.2) is 0 Å². The van der Waals surface area contributed by atoms with E-state index in [0.717, 1.165) is 0 Å². The molecule has 1 aliphatic carbocycles. The van der Waals surface area contributed by atoms with Crippen LogP contribution in [-0.4, -0.2) is 24.6 Å². The molecule has 1 unspecified atom stereocenters. The van der Waals surface area contributed by atoms with Crippen LogP contribution in [0.5, 0.6) is 0 Å². The zero-order chi connectivity index (χ0) is 20.0. The van der Waals surface area contributed by atoms with Crippen molar-refractivity contribution < 1.29 is 18.7 Å². The number of carbonyl (C=O) groups is 2. The van der Waals surface area contributed by atoms with E-state index in [2.05, 4.69) is 4.99 Å². The summed E-state index contributed by atoms with van der Waals surface area (Å²) in [5.41, 5.74) is 1.89. The fraction of sp³-hybridized carbons (Fsp3) is 0.333. The van der Waals surface area contributed by atoms with Gasteiger partial charge in [-0.05, 0) is 38.0 Å².